The molecule has 0 saturated carbocycles. The van der Waals surface area contributed by atoms with E-state index in [4.69, 9.17) is 19.3 Å². The molecule has 0 bridgehead atoms. The first-order valence-electron chi connectivity index (χ1n) is 9.97. The van der Waals surface area contributed by atoms with E-state index in [1.165, 1.54) is 0 Å². The molecule has 0 radical (unpaired) electrons. The number of hydrogen-bond donors (Lipinski definition) is 4. The van der Waals surface area contributed by atoms with Crippen LogP contribution < -0.4 is 20.1 Å². The van der Waals surface area contributed by atoms with Gasteiger partial charge < -0.3 is 35.1 Å². The van der Waals surface area contributed by atoms with Crippen molar-refractivity contribution in [2.24, 2.45) is 0 Å². The van der Waals surface area contributed by atoms with Crippen LogP contribution in [0.15, 0.2) is 42.5 Å². The number of benzene rings is 2. The highest BCUT2D eigenvalue weighted by molar-refractivity contribution is 5.99. The highest BCUT2D eigenvalue weighted by Gasteiger charge is 2.46. The maximum atomic E-state index is 12.4. The lowest BCUT2D eigenvalue weighted by Crippen LogP contribution is -2.46. The first-order chi connectivity index (χ1) is 15.0. The van der Waals surface area contributed by atoms with Crippen molar-refractivity contribution in [1.29, 1.82) is 0 Å². The van der Waals surface area contributed by atoms with Gasteiger partial charge in [0, 0.05) is 22.9 Å². The normalized spacial score (nSPS) is 23.8. The van der Waals surface area contributed by atoms with Crippen LogP contribution in [0, 0.1) is 0 Å². The molecule has 2 aliphatic rings. The molecule has 2 aliphatic heterocycles. The SMILES string of the molecule is COc1ccc(NC(=O)Nc2ccc3c(c2)[C@@H]2C[C@@H](CC(=O)O)O[C@H](CO)[C@@H]2O3)cc1. The summed E-state index contributed by atoms with van der Waals surface area (Å²) in [5.41, 5.74) is 2.06. The molecule has 9 nitrogen and oxygen atoms in total. The number of ether oxygens (including phenoxy) is 3. The van der Waals surface area contributed by atoms with Gasteiger partial charge in [-0.1, -0.05) is 0 Å². The van der Waals surface area contributed by atoms with Crippen LogP contribution in [-0.4, -0.2) is 54.2 Å². The number of carboxylic acids is 1. The number of urea groups is 1. The minimum Gasteiger partial charge on any atom is -0.497 e. The van der Waals surface area contributed by atoms with Crippen molar-refractivity contribution in [2.45, 2.75) is 37.1 Å². The zero-order valence-electron chi connectivity index (χ0n) is 16.9. The van der Waals surface area contributed by atoms with Crippen molar-refractivity contribution in [3.05, 3.63) is 48.0 Å². The first kappa shape index (κ1) is 21.0. The molecule has 164 valence electrons. The van der Waals surface area contributed by atoms with Crippen molar-refractivity contribution in [3.8, 4) is 11.5 Å². The lowest BCUT2D eigenvalue weighted by molar-refractivity contribution is -0.153. The molecule has 4 N–H and O–H groups in total. The van der Waals surface area contributed by atoms with Crippen molar-refractivity contribution >= 4 is 23.4 Å². The van der Waals surface area contributed by atoms with E-state index < -0.39 is 30.3 Å². The number of rotatable bonds is 6. The summed E-state index contributed by atoms with van der Waals surface area (Å²) in [4.78, 5) is 23.5. The molecule has 2 aromatic rings. The molecule has 4 rings (SSSR count). The Morgan fingerprint density at radius 1 is 1.13 bits per heavy atom. The number of aliphatic hydroxyl groups excluding tert-OH is 1. The number of carbonyl (C=O) groups is 2. The van der Waals surface area contributed by atoms with Crippen LogP contribution >= 0.6 is 0 Å². The number of aliphatic hydroxyl groups is 1. The molecular weight excluding hydrogens is 404 g/mol. The van der Waals surface area contributed by atoms with Crippen LogP contribution in [-0.2, 0) is 9.53 Å². The van der Waals surface area contributed by atoms with Gasteiger partial charge in [-0.15, -0.1) is 0 Å². The molecule has 1 saturated heterocycles. The third-order valence-electron chi connectivity index (χ3n) is 5.51. The van der Waals surface area contributed by atoms with Crippen LogP contribution in [0.2, 0.25) is 0 Å². The van der Waals surface area contributed by atoms with Gasteiger partial charge in [0.25, 0.3) is 0 Å². The van der Waals surface area contributed by atoms with Gasteiger partial charge in [0.2, 0.25) is 0 Å². The average molecular weight is 428 g/mol. The van der Waals surface area contributed by atoms with E-state index >= 15 is 0 Å². The molecular formula is C22H24N2O7. The lowest BCUT2D eigenvalue weighted by Gasteiger charge is -2.36. The Hall–Kier alpha value is -3.30. The van der Waals surface area contributed by atoms with Crippen LogP contribution in [0.1, 0.15) is 24.3 Å². The van der Waals surface area contributed by atoms with Crippen molar-refractivity contribution in [1.82, 2.24) is 0 Å². The number of methoxy groups -OCH3 is 1. The predicted octanol–water partition coefficient (Wildman–Crippen LogP) is 2.81. The Labute approximate surface area is 178 Å². The van der Waals surface area contributed by atoms with Gasteiger partial charge in [-0.25, -0.2) is 4.79 Å². The maximum absolute atomic E-state index is 12.4. The minimum atomic E-state index is -0.954. The fourth-order valence-corrected chi connectivity index (χ4v) is 4.13. The number of fused-ring (bicyclic) bond motifs is 3. The lowest BCUT2D eigenvalue weighted by atomic mass is 9.84. The van der Waals surface area contributed by atoms with Crippen LogP contribution in [0.25, 0.3) is 0 Å². The van der Waals surface area contributed by atoms with Gasteiger partial charge in [0.15, 0.2) is 0 Å². The van der Waals surface area contributed by atoms with E-state index in [2.05, 4.69) is 10.6 Å². The third kappa shape index (κ3) is 4.57. The number of hydrogen-bond acceptors (Lipinski definition) is 6. The van der Waals surface area contributed by atoms with E-state index in [1.807, 2.05) is 6.07 Å². The Morgan fingerprint density at radius 3 is 2.52 bits per heavy atom. The van der Waals surface area contributed by atoms with Gasteiger partial charge in [-0.3, -0.25) is 4.79 Å². The number of nitrogens with one attached hydrogen (secondary N) is 2. The standard InChI is InChI=1S/C22H24N2O7/c1-29-14-5-2-12(3-6-14)23-22(28)24-13-4-7-18-16(8-13)17-9-15(10-20(26)27)30-19(11-25)21(17)31-18/h2-8,15,17,19,21,25H,9-11H2,1H3,(H,26,27)(H2,23,24,28)/t15-,17-,19+,21+/m0/s1. The second kappa shape index (κ2) is 8.83. The fourth-order valence-electron chi connectivity index (χ4n) is 4.13. The number of aliphatic carboxylic acids is 1. The van der Waals surface area contributed by atoms with Gasteiger partial charge in [-0.2, -0.15) is 0 Å². The van der Waals surface area contributed by atoms with E-state index in [1.54, 1.807) is 43.5 Å². The Morgan fingerprint density at radius 2 is 1.84 bits per heavy atom. The second-order valence-corrected chi connectivity index (χ2v) is 7.56. The number of anilines is 2. The summed E-state index contributed by atoms with van der Waals surface area (Å²) in [6.45, 7) is -0.263. The second-order valence-electron chi connectivity index (χ2n) is 7.56. The molecule has 2 aromatic carbocycles. The van der Waals surface area contributed by atoms with E-state index in [0.717, 1.165) is 5.56 Å². The van der Waals surface area contributed by atoms with E-state index in [-0.39, 0.29) is 18.9 Å². The van der Waals surface area contributed by atoms with Gasteiger partial charge >= 0.3 is 12.0 Å². The largest absolute Gasteiger partial charge is 0.497 e. The fraction of sp³-hybridized carbons (Fsp3) is 0.364. The van der Waals surface area contributed by atoms with Crippen LogP contribution in [0.4, 0.5) is 16.2 Å². The summed E-state index contributed by atoms with van der Waals surface area (Å²) >= 11 is 0. The van der Waals surface area contributed by atoms with Gasteiger partial charge in [0.05, 0.1) is 26.2 Å². The molecule has 9 heteroatoms. The Bertz CT molecular complexity index is 963. The Kier molecular flexibility index (Phi) is 5.97. The van der Waals surface area contributed by atoms with Gasteiger partial charge in [-0.05, 0) is 48.9 Å². The smallest absolute Gasteiger partial charge is 0.323 e. The summed E-state index contributed by atoms with van der Waals surface area (Å²) in [5, 5.41) is 24.4. The van der Waals surface area contributed by atoms with Crippen LogP contribution in [0.3, 0.4) is 0 Å². The third-order valence-corrected chi connectivity index (χ3v) is 5.51. The molecule has 2 heterocycles. The summed E-state index contributed by atoms with van der Waals surface area (Å²) in [6.07, 6.45) is -1.20. The van der Waals surface area contributed by atoms with Crippen molar-refractivity contribution in [2.75, 3.05) is 24.4 Å². The predicted molar refractivity (Wildman–Crippen MR) is 112 cm³/mol. The highest BCUT2D eigenvalue weighted by Crippen LogP contribution is 2.47. The topological polar surface area (TPSA) is 126 Å². The first-order valence-corrected chi connectivity index (χ1v) is 9.97. The van der Waals surface area contributed by atoms with Gasteiger partial charge in [0.1, 0.15) is 23.7 Å². The minimum absolute atomic E-state index is 0.128. The molecule has 31 heavy (non-hydrogen) atoms. The number of carboxylic acid groups (broad SMARTS) is 1. The molecule has 0 aromatic heterocycles. The van der Waals surface area contributed by atoms with Crippen molar-refractivity contribution in [3.63, 3.8) is 0 Å². The zero-order chi connectivity index (χ0) is 22.0. The molecule has 4 atom stereocenters. The summed E-state index contributed by atoms with van der Waals surface area (Å²) < 4.78 is 16.8. The summed E-state index contributed by atoms with van der Waals surface area (Å²) in [6, 6.07) is 11.9. The summed E-state index contributed by atoms with van der Waals surface area (Å²) in [7, 11) is 1.57. The number of carbonyl (C=O) groups excluding carboxylic acids is 1. The maximum Gasteiger partial charge on any atom is 0.323 e. The van der Waals surface area contributed by atoms with Crippen LogP contribution in [0.5, 0.6) is 11.5 Å². The van der Waals surface area contributed by atoms with E-state index in [0.29, 0.717) is 29.3 Å². The monoisotopic (exact) mass is 428 g/mol. The quantitative estimate of drug-likeness (QED) is 0.557. The highest BCUT2D eigenvalue weighted by atomic mass is 16.6. The number of amides is 2. The average Bonchev–Trinajstić information content (AvgIpc) is 3.11. The summed E-state index contributed by atoms with van der Waals surface area (Å²) in [5.74, 6) is 0.258. The molecule has 0 unspecified atom stereocenters. The van der Waals surface area contributed by atoms with E-state index in [9.17, 15) is 14.7 Å². The van der Waals surface area contributed by atoms with Crippen molar-refractivity contribution < 1.29 is 34.0 Å². The molecule has 0 spiro atoms. The Balaban J connectivity index is 1.47. The molecule has 2 amide bonds. The zero-order valence-corrected chi connectivity index (χ0v) is 16.9. The molecule has 1 fully saturated rings. The molecule has 0 aliphatic carbocycles.